The maximum absolute atomic E-state index is 13.5. The molecule has 1 amide bonds. The summed E-state index contributed by atoms with van der Waals surface area (Å²) < 4.78 is 26.9. The molecule has 1 aliphatic rings. The molecule has 0 bridgehead atoms. The van der Waals surface area contributed by atoms with E-state index in [0.29, 0.717) is 6.54 Å². The number of carbonyl (C=O) groups is 1. The topological polar surface area (TPSA) is 41.1 Å². The zero-order valence-electron chi connectivity index (χ0n) is 12.0. The Hall–Kier alpha value is -1.20. The highest BCUT2D eigenvalue weighted by atomic mass is 35.5. The Morgan fingerprint density at radius 3 is 2.62 bits per heavy atom. The van der Waals surface area contributed by atoms with Crippen molar-refractivity contribution >= 4 is 18.3 Å². The number of hydrogen-bond acceptors (Lipinski definition) is 2. The molecular weight excluding hydrogens is 298 g/mol. The molecule has 2 rings (SSSR count). The van der Waals surface area contributed by atoms with Crippen LogP contribution in [0.1, 0.15) is 25.3 Å². The molecule has 3 nitrogen and oxygen atoms in total. The SMILES string of the molecule is CC1(CNC(=O)Cc2c(F)cccc2F)CCCNC1.Cl. The Morgan fingerprint density at radius 2 is 2.05 bits per heavy atom. The molecule has 0 spiro atoms. The Bertz CT molecular complexity index is 470. The van der Waals surface area contributed by atoms with Crippen molar-refractivity contribution in [3.8, 4) is 0 Å². The molecule has 2 N–H and O–H groups in total. The minimum absolute atomic E-state index is 0. The molecular formula is C15H21ClF2N2O. The van der Waals surface area contributed by atoms with Crippen molar-refractivity contribution in [2.24, 2.45) is 5.41 Å². The predicted molar refractivity (Wildman–Crippen MR) is 80.5 cm³/mol. The number of halogens is 3. The molecule has 0 aromatic heterocycles. The summed E-state index contributed by atoms with van der Waals surface area (Å²) in [7, 11) is 0. The van der Waals surface area contributed by atoms with Crippen LogP contribution in [0.15, 0.2) is 18.2 Å². The Labute approximate surface area is 129 Å². The van der Waals surface area contributed by atoms with Crippen LogP contribution in [-0.2, 0) is 11.2 Å². The van der Waals surface area contributed by atoms with Gasteiger partial charge in [0, 0.05) is 18.7 Å². The van der Waals surface area contributed by atoms with Crippen LogP contribution >= 0.6 is 12.4 Å². The van der Waals surface area contributed by atoms with E-state index in [9.17, 15) is 13.6 Å². The number of benzene rings is 1. The van der Waals surface area contributed by atoms with Gasteiger partial charge in [0.1, 0.15) is 11.6 Å². The maximum atomic E-state index is 13.5. The van der Waals surface area contributed by atoms with Crippen LogP contribution in [-0.4, -0.2) is 25.5 Å². The first-order valence-corrected chi connectivity index (χ1v) is 6.90. The number of piperidine rings is 1. The number of hydrogen-bond donors (Lipinski definition) is 2. The molecule has 1 atom stereocenters. The molecule has 1 fully saturated rings. The summed E-state index contributed by atoms with van der Waals surface area (Å²) in [5.74, 6) is -1.70. The van der Waals surface area contributed by atoms with Gasteiger partial charge in [-0.2, -0.15) is 0 Å². The summed E-state index contributed by atoms with van der Waals surface area (Å²) in [6, 6.07) is 3.62. The van der Waals surface area contributed by atoms with Crippen molar-refractivity contribution in [2.75, 3.05) is 19.6 Å². The van der Waals surface area contributed by atoms with Crippen LogP contribution in [0, 0.1) is 17.0 Å². The first kappa shape index (κ1) is 17.9. The van der Waals surface area contributed by atoms with Crippen LogP contribution in [0.5, 0.6) is 0 Å². The molecule has 1 aliphatic heterocycles. The van der Waals surface area contributed by atoms with Crippen LogP contribution in [0.25, 0.3) is 0 Å². The lowest BCUT2D eigenvalue weighted by atomic mass is 9.83. The Kier molecular flexibility index (Phi) is 6.55. The minimum Gasteiger partial charge on any atom is -0.355 e. The van der Waals surface area contributed by atoms with Crippen molar-refractivity contribution in [3.63, 3.8) is 0 Å². The van der Waals surface area contributed by atoms with Gasteiger partial charge in [0.2, 0.25) is 5.91 Å². The van der Waals surface area contributed by atoms with E-state index >= 15 is 0 Å². The van der Waals surface area contributed by atoms with E-state index in [0.717, 1.165) is 38.1 Å². The smallest absolute Gasteiger partial charge is 0.224 e. The zero-order valence-corrected chi connectivity index (χ0v) is 12.9. The van der Waals surface area contributed by atoms with Gasteiger partial charge in [0.25, 0.3) is 0 Å². The molecule has 118 valence electrons. The molecule has 0 aliphatic carbocycles. The third-order valence-electron chi connectivity index (χ3n) is 3.80. The van der Waals surface area contributed by atoms with Gasteiger partial charge >= 0.3 is 0 Å². The lowest BCUT2D eigenvalue weighted by Crippen LogP contribution is -2.46. The zero-order chi connectivity index (χ0) is 14.6. The summed E-state index contributed by atoms with van der Waals surface area (Å²) in [5, 5.41) is 6.08. The van der Waals surface area contributed by atoms with E-state index in [4.69, 9.17) is 0 Å². The fraction of sp³-hybridized carbons (Fsp3) is 0.533. The molecule has 1 saturated heterocycles. The molecule has 0 radical (unpaired) electrons. The fourth-order valence-electron chi connectivity index (χ4n) is 2.51. The van der Waals surface area contributed by atoms with Gasteiger partial charge in [-0.15, -0.1) is 12.4 Å². The molecule has 1 aromatic carbocycles. The number of amides is 1. The Balaban J connectivity index is 0.00000220. The van der Waals surface area contributed by atoms with Crippen LogP contribution in [0.3, 0.4) is 0 Å². The lowest BCUT2D eigenvalue weighted by molar-refractivity contribution is -0.121. The van der Waals surface area contributed by atoms with E-state index in [1.54, 1.807) is 0 Å². The third kappa shape index (κ3) is 4.93. The van der Waals surface area contributed by atoms with Crippen molar-refractivity contribution < 1.29 is 13.6 Å². The second-order valence-corrected chi connectivity index (χ2v) is 5.74. The molecule has 1 heterocycles. The first-order chi connectivity index (χ1) is 9.50. The normalized spacial score (nSPS) is 21.5. The summed E-state index contributed by atoms with van der Waals surface area (Å²) >= 11 is 0. The van der Waals surface area contributed by atoms with Crippen molar-refractivity contribution in [1.82, 2.24) is 10.6 Å². The van der Waals surface area contributed by atoms with Crippen molar-refractivity contribution in [3.05, 3.63) is 35.4 Å². The van der Waals surface area contributed by atoms with Gasteiger partial charge in [0.15, 0.2) is 0 Å². The van der Waals surface area contributed by atoms with Gasteiger partial charge < -0.3 is 10.6 Å². The van der Waals surface area contributed by atoms with Gasteiger partial charge in [-0.05, 0) is 36.9 Å². The number of rotatable bonds is 4. The summed E-state index contributed by atoms with van der Waals surface area (Å²) in [6.07, 6.45) is 1.85. The van der Waals surface area contributed by atoms with Crippen molar-refractivity contribution in [1.29, 1.82) is 0 Å². The third-order valence-corrected chi connectivity index (χ3v) is 3.80. The van der Waals surface area contributed by atoms with Gasteiger partial charge in [-0.25, -0.2) is 8.78 Å². The summed E-state index contributed by atoms with van der Waals surface area (Å²) in [6.45, 7) is 4.48. The monoisotopic (exact) mass is 318 g/mol. The second kappa shape index (κ2) is 7.71. The van der Waals surface area contributed by atoms with Gasteiger partial charge in [-0.1, -0.05) is 13.0 Å². The van der Waals surface area contributed by atoms with Crippen LogP contribution in [0.4, 0.5) is 8.78 Å². The molecule has 1 aromatic rings. The maximum Gasteiger partial charge on any atom is 0.224 e. The first-order valence-electron chi connectivity index (χ1n) is 6.90. The van der Waals surface area contributed by atoms with E-state index < -0.39 is 11.6 Å². The molecule has 21 heavy (non-hydrogen) atoms. The van der Waals surface area contributed by atoms with Crippen LogP contribution < -0.4 is 10.6 Å². The predicted octanol–water partition coefficient (Wildman–Crippen LogP) is 2.44. The second-order valence-electron chi connectivity index (χ2n) is 5.74. The number of carbonyl (C=O) groups excluding carboxylic acids is 1. The quantitative estimate of drug-likeness (QED) is 0.895. The van der Waals surface area contributed by atoms with E-state index in [1.807, 2.05) is 0 Å². The van der Waals surface area contributed by atoms with Gasteiger partial charge in [-0.3, -0.25) is 4.79 Å². The highest BCUT2D eigenvalue weighted by molar-refractivity contribution is 5.85. The highest BCUT2D eigenvalue weighted by Gasteiger charge is 2.27. The van der Waals surface area contributed by atoms with Gasteiger partial charge in [0.05, 0.1) is 6.42 Å². The van der Waals surface area contributed by atoms with Crippen molar-refractivity contribution in [2.45, 2.75) is 26.2 Å². The molecule has 6 heteroatoms. The standard InChI is InChI=1S/C15H20F2N2O.ClH/c1-15(6-3-7-18-9-15)10-19-14(20)8-11-12(16)4-2-5-13(11)17;/h2,4-5,18H,3,6-10H2,1H3,(H,19,20);1H. The average Bonchev–Trinajstić information content (AvgIpc) is 2.42. The minimum atomic E-state index is -0.675. The average molecular weight is 319 g/mol. The number of nitrogens with one attached hydrogen (secondary N) is 2. The largest absolute Gasteiger partial charge is 0.355 e. The Morgan fingerprint density at radius 1 is 1.38 bits per heavy atom. The van der Waals surface area contributed by atoms with Crippen LogP contribution in [0.2, 0.25) is 0 Å². The summed E-state index contributed by atoms with van der Waals surface area (Å²) in [5.41, 5.74) is -0.154. The fourth-order valence-corrected chi connectivity index (χ4v) is 2.51. The molecule has 0 saturated carbocycles. The summed E-state index contributed by atoms with van der Waals surface area (Å²) in [4.78, 5) is 11.8. The highest BCUT2D eigenvalue weighted by Crippen LogP contribution is 2.24. The molecule has 1 unspecified atom stereocenters. The lowest BCUT2D eigenvalue weighted by Gasteiger charge is -2.34. The van der Waals surface area contributed by atoms with E-state index in [-0.39, 0.29) is 35.7 Å². The van der Waals surface area contributed by atoms with E-state index in [2.05, 4.69) is 17.6 Å². The van der Waals surface area contributed by atoms with E-state index in [1.165, 1.54) is 6.07 Å².